The second-order valence-electron chi connectivity index (χ2n) is 11.0. The van der Waals surface area contributed by atoms with E-state index in [0.29, 0.717) is 33.9 Å². The van der Waals surface area contributed by atoms with Gasteiger partial charge in [-0.1, -0.05) is 19.9 Å². The highest BCUT2D eigenvalue weighted by Crippen LogP contribution is 2.32. The summed E-state index contributed by atoms with van der Waals surface area (Å²) < 4.78 is 15.0. The molecule has 0 aliphatic heterocycles. The second kappa shape index (κ2) is 11.6. The Morgan fingerprint density at radius 3 is 2.44 bits per heavy atom. The summed E-state index contributed by atoms with van der Waals surface area (Å²) in [5.74, 6) is -1.72. The Kier molecular flexibility index (Phi) is 8.46. The highest BCUT2D eigenvalue weighted by Gasteiger charge is 2.26. The number of carbonyl (C=O) groups is 3. The molecule has 1 heterocycles. The Bertz CT molecular complexity index is 1380. The lowest BCUT2D eigenvalue weighted by molar-refractivity contribution is 0.0927. The predicted molar refractivity (Wildman–Crippen MR) is 152 cm³/mol. The van der Waals surface area contributed by atoms with Crippen molar-refractivity contribution in [1.82, 2.24) is 20.5 Å². The number of carbonyl (C=O) groups excluding carboxylic acids is 3. The molecular weight excluding hydrogens is 517 g/mol. The molecule has 0 atom stereocenters. The second-order valence-corrected chi connectivity index (χ2v) is 11.9. The molecule has 3 amide bonds. The SMILES string of the molecule is Cc1c(F)cc(C(=O)NC2CC2)cc1-c1ccc(C(=O)NCC(C)(C)CN(C)C)cc1C(=O)Nc1nccs1. The fraction of sp³-hybridized carbons (Fsp3) is 0.379. The van der Waals surface area contributed by atoms with Crippen LogP contribution in [0, 0.1) is 18.2 Å². The Balaban J connectivity index is 1.70. The van der Waals surface area contributed by atoms with Crippen LogP contribution in [0.5, 0.6) is 0 Å². The van der Waals surface area contributed by atoms with E-state index in [2.05, 4.69) is 39.7 Å². The van der Waals surface area contributed by atoms with Gasteiger partial charge in [0.15, 0.2) is 5.13 Å². The third-order valence-corrected chi connectivity index (χ3v) is 7.15. The van der Waals surface area contributed by atoms with Crippen LogP contribution in [0.2, 0.25) is 0 Å². The molecule has 206 valence electrons. The molecule has 8 nitrogen and oxygen atoms in total. The van der Waals surface area contributed by atoms with Crippen molar-refractivity contribution in [2.45, 2.75) is 39.7 Å². The average Bonchev–Trinajstić information content (AvgIpc) is 3.54. The van der Waals surface area contributed by atoms with Gasteiger partial charge in [0.1, 0.15) is 5.82 Å². The van der Waals surface area contributed by atoms with Gasteiger partial charge < -0.3 is 15.5 Å². The third-order valence-electron chi connectivity index (χ3n) is 6.46. The maximum absolute atomic E-state index is 15.0. The Hall–Kier alpha value is -3.63. The summed E-state index contributed by atoms with van der Waals surface area (Å²) in [6, 6.07) is 7.66. The van der Waals surface area contributed by atoms with Gasteiger partial charge in [-0.2, -0.15) is 0 Å². The zero-order valence-electron chi connectivity index (χ0n) is 22.9. The summed E-state index contributed by atoms with van der Waals surface area (Å²) in [5, 5.41) is 10.7. The molecule has 1 aromatic heterocycles. The van der Waals surface area contributed by atoms with Gasteiger partial charge in [-0.05, 0) is 80.2 Å². The molecule has 1 aliphatic rings. The van der Waals surface area contributed by atoms with Crippen LogP contribution in [0.25, 0.3) is 11.1 Å². The summed E-state index contributed by atoms with van der Waals surface area (Å²) in [7, 11) is 3.95. The van der Waals surface area contributed by atoms with Crippen molar-refractivity contribution in [1.29, 1.82) is 0 Å². The molecule has 39 heavy (non-hydrogen) atoms. The van der Waals surface area contributed by atoms with Crippen molar-refractivity contribution in [3.8, 4) is 11.1 Å². The van der Waals surface area contributed by atoms with Crippen molar-refractivity contribution >= 4 is 34.2 Å². The van der Waals surface area contributed by atoms with Gasteiger partial charge in [-0.3, -0.25) is 19.7 Å². The minimum absolute atomic E-state index is 0.116. The largest absolute Gasteiger partial charge is 0.351 e. The zero-order valence-corrected chi connectivity index (χ0v) is 23.7. The van der Waals surface area contributed by atoms with Gasteiger partial charge in [0.25, 0.3) is 17.7 Å². The van der Waals surface area contributed by atoms with E-state index in [1.54, 1.807) is 36.7 Å². The maximum atomic E-state index is 15.0. The number of halogens is 1. The number of nitrogens with zero attached hydrogens (tertiary/aromatic N) is 2. The van der Waals surface area contributed by atoms with Crippen LogP contribution in [0.3, 0.4) is 0 Å². The minimum atomic E-state index is -0.551. The summed E-state index contributed by atoms with van der Waals surface area (Å²) in [6.07, 6.45) is 3.38. The molecule has 1 saturated carbocycles. The molecule has 1 fully saturated rings. The summed E-state index contributed by atoms with van der Waals surface area (Å²) >= 11 is 1.26. The average molecular weight is 552 g/mol. The van der Waals surface area contributed by atoms with Crippen LogP contribution in [0.1, 0.15) is 63.3 Å². The maximum Gasteiger partial charge on any atom is 0.258 e. The van der Waals surface area contributed by atoms with Crippen LogP contribution in [-0.4, -0.2) is 60.8 Å². The Labute approximate surface area is 232 Å². The van der Waals surface area contributed by atoms with E-state index in [0.717, 1.165) is 19.4 Å². The smallest absolute Gasteiger partial charge is 0.258 e. The van der Waals surface area contributed by atoms with Gasteiger partial charge in [-0.15, -0.1) is 11.3 Å². The molecule has 0 saturated heterocycles. The van der Waals surface area contributed by atoms with Crippen molar-refractivity contribution < 1.29 is 18.8 Å². The number of benzene rings is 2. The highest BCUT2D eigenvalue weighted by molar-refractivity contribution is 7.13. The van der Waals surface area contributed by atoms with Crippen LogP contribution >= 0.6 is 11.3 Å². The first-order chi connectivity index (χ1) is 18.4. The standard InChI is InChI=1S/C29H34FN5O3S/c1-17-22(13-19(14-24(17)30)26(37)33-20-7-8-20)21-9-6-18(25(36)32-15-29(2,3)16-35(4)5)12-23(21)27(38)34-28-31-10-11-39-28/h6,9-14,20H,7-8,15-16H2,1-5H3,(H,32,36)(H,33,37)(H,31,34,38). The van der Waals surface area contributed by atoms with Gasteiger partial charge in [-0.25, -0.2) is 9.37 Å². The summed E-state index contributed by atoms with van der Waals surface area (Å²) in [4.78, 5) is 45.4. The fourth-order valence-corrected chi connectivity index (χ4v) is 5.00. The Morgan fingerprint density at radius 2 is 1.79 bits per heavy atom. The zero-order chi connectivity index (χ0) is 28.3. The van der Waals surface area contributed by atoms with E-state index in [1.807, 2.05) is 14.1 Å². The molecule has 4 rings (SSSR count). The molecule has 0 radical (unpaired) electrons. The number of rotatable bonds is 10. The molecule has 3 N–H and O–H groups in total. The lowest BCUT2D eigenvalue weighted by Gasteiger charge is -2.28. The van der Waals surface area contributed by atoms with Crippen molar-refractivity contribution in [2.24, 2.45) is 5.41 Å². The first-order valence-corrected chi connectivity index (χ1v) is 13.7. The normalized spacial score (nSPS) is 13.3. The van der Waals surface area contributed by atoms with Gasteiger partial charge >= 0.3 is 0 Å². The quantitative estimate of drug-likeness (QED) is 0.338. The molecule has 1 aliphatic carbocycles. The number of anilines is 1. The van der Waals surface area contributed by atoms with Gasteiger partial charge in [0.2, 0.25) is 0 Å². The molecule has 0 bridgehead atoms. The lowest BCUT2D eigenvalue weighted by Crippen LogP contribution is -2.40. The number of aromatic nitrogens is 1. The molecule has 0 unspecified atom stereocenters. The molecule has 2 aromatic carbocycles. The first kappa shape index (κ1) is 28.4. The van der Waals surface area contributed by atoms with E-state index < -0.39 is 11.7 Å². The first-order valence-electron chi connectivity index (χ1n) is 12.8. The van der Waals surface area contributed by atoms with E-state index in [4.69, 9.17) is 0 Å². The van der Waals surface area contributed by atoms with Gasteiger partial charge in [0.05, 0.1) is 0 Å². The topological polar surface area (TPSA) is 103 Å². The predicted octanol–water partition coefficient (Wildman–Crippen LogP) is 4.72. The van der Waals surface area contributed by atoms with E-state index in [1.165, 1.54) is 23.5 Å². The third kappa shape index (κ3) is 7.27. The number of amides is 3. The number of hydrogen-bond acceptors (Lipinski definition) is 6. The van der Waals surface area contributed by atoms with Crippen molar-refractivity contribution in [3.63, 3.8) is 0 Å². The van der Waals surface area contributed by atoms with Crippen LogP contribution < -0.4 is 16.0 Å². The molecular formula is C29H34FN5O3S. The number of thiazole rings is 1. The summed E-state index contributed by atoms with van der Waals surface area (Å²) in [6.45, 7) is 6.95. The number of hydrogen-bond donors (Lipinski definition) is 3. The fourth-order valence-electron chi connectivity index (χ4n) is 4.48. The molecule has 0 spiro atoms. The monoisotopic (exact) mass is 551 g/mol. The van der Waals surface area contributed by atoms with Crippen LogP contribution in [0.15, 0.2) is 41.9 Å². The van der Waals surface area contributed by atoms with E-state index in [-0.39, 0.29) is 34.4 Å². The van der Waals surface area contributed by atoms with Crippen LogP contribution in [-0.2, 0) is 0 Å². The van der Waals surface area contributed by atoms with E-state index in [9.17, 15) is 14.4 Å². The highest BCUT2D eigenvalue weighted by atomic mass is 32.1. The van der Waals surface area contributed by atoms with Crippen molar-refractivity contribution in [3.05, 3.63) is 70.0 Å². The van der Waals surface area contributed by atoms with E-state index >= 15 is 4.39 Å². The van der Waals surface area contributed by atoms with Crippen molar-refractivity contribution in [2.75, 3.05) is 32.5 Å². The number of nitrogens with one attached hydrogen (secondary N) is 3. The summed E-state index contributed by atoms with van der Waals surface area (Å²) in [5.41, 5.74) is 1.59. The minimum Gasteiger partial charge on any atom is -0.351 e. The lowest BCUT2D eigenvalue weighted by atomic mass is 9.91. The molecule has 10 heteroatoms. The Morgan fingerprint density at radius 1 is 1.05 bits per heavy atom. The molecule has 3 aromatic rings. The van der Waals surface area contributed by atoms with Gasteiger partial charge in [0, 0.05) is 47.4 Å². The van der Waals surface area contributed by atoms with Crippen LogP contribution in [0.4, 0.5) is 9.52 Å².